The molecule has 0 aliphatic rings. The van der Waals surface area contributed by atoms with E-state index in [0.717, 1.165) is 28.3 Å². The minimum atomic E-state index is 0.212. The summed E-state index contributed by atoms with van der Waals surface area (Å²) in [6.45, 7) is 2.07. The van der Waals surface area contributed by atoms with Crippen LogP contribution in [0.4, 0.5) is 0 Å². The summed E-state index contributed by atoms with van der Waals surface area (Å²) >= 11 is 0. The molecule has 2 heterocycles. The average molecular weight is 473 g/mol. The van der Waals surface area contributed by atoms with Crippen LogP contribution >= 0.6 is 0 Å². The smallest absolute Gasteiger partial charge is 0.181 e. The van der Waals surface area contributed by atoms with Gasteiger partial charge in [-0.15, -0.1) is 10.2 Å². The molecule has 0 spiro atoms. The molecule has 4 aromatic carbocycles. The molecule has 0 unspecified atom stereocenters. The lowest BCUT2D eigenvalue weighted by molar-refractivity contribution is 0.475. The highest BCUT2D eigenvalue weighted by Gasteiger charge is 2.06. The fourth-order valence-corrected chi connectivity index (χ4v) is 3.62. The molecule has 6 rings (SSSR count). The molecule has 0 atom stereocenters. The quantitative estimate of drug-likeness (QED) is 0.346. The van der Waals surface area contributed by atoms with Crippen LogP contribution in [0.3, 0.4) is 0 Å². The first kappa shape index (κ1) is 22.7. The van der Waals surface area contributed by atoms with Crippen molar-refractivity contribution in [1.29, 1.82) is 0 Å². The van der Waals surface area contributed by atoms with Crippen LogP contribution in [0.5, 0.6) is 5.75 Å². The third kappa shape index (κ3) is 5.37. The Kier molecular flexibility index (Phi) is 6.62. The van der Waals surface area contributed by atoms with Crippen LogP contribution in [-0.2, 0) is 0 Å². The fourth-order valence-electron chi connectivity index (χ4n) is 3.62. The van der Waals surface area contributed by atoms with Gasteiger partial charge in [-0.25, -0.2) is 19.3 Å². The lowest BCUT2D eigenvalue weighted by atomic mass is 10.2. The summed E-state index contributed by atoms with van der Waals surface area (Å²) in [5, 5.41) is 18.3. The lowest BCUT2D eigenvalue weighted by Gasteiger charge is -2.00. The molecule has 0 amide bonds. The standard InChI is InChI=1S/C15H13N3.C14H11N3O/c1-12-6-5-9-14(10-12)18-11-16-15(17-18)13-7-3-2-4-8-13;18-13-8-4-7-12(9-13)17-10-15-14(16-17)11-5-2-1-3-6-11/h2-11H,1H3;1-10,18H. The number of rotatable bonds is 4. The van der Waals surface area contributed by atoms with Crippen LogP contribution in [-0.4, -0.2) is 34.6 Å². The number of aromatic hydroxyl groups is 1. The molecule has 0 aliphatic heterocycles. The molecular formula is C29H24N6O. The summed E-state index contributed by atoms with van der Waals surface area (Å²) < 4.78 is 3.44. The molecule has 36 heavy (non-hydrogen) atoms. The first-order valence-corrected chi connectivity index (χ1v) is 11.5. The van der Waals surface area contributed by atoms with E-state index in [2.05, 4.69) is 39.2 Å². The van der Waals surface area contributed by atoms with Gasteiger partial charge in [-0.3, -0.25) is 0 Å². The Labute approximate surface area is 209 Å². The highest BCUT2D eigenvalue weighted by Crippen LogP contribution is 2.18. The summed E-state index contributed by atoms with van der Waals surface area (Å²) in [7, 11) is 0. The zero-order valence-electron chi connectivity index (χ0n) is 19.7. The van der Waals surface area contributed by atoms with E-state index >= 15 is 0 Å². The molecule has 0 aliphatic carbocycles. The van der Waals surface area contributed by atoms with Crippen molar-refractivity contribution >= 4 is 0 Å². The van der Waals surface area contributed by atoms with Crippen molar-refractivity contribution in [2.75, 3.05) is 0 Å². The highest BCUT2D eigenvalue weighted by molar-refractivity contribution is 5.55. The predicted octanol–water partition coefficient (Wildman–Crippen LogP) is 5.88. The van der Waals surface area contributed by atoms with E-state index in [1.807, 2.05) is 78.9 Å². The van der Waals surface area contributed by atoms with Crippen LogP contribution < -0.4 is 0 Å². The highest BCUT2D eigenvalue weighted by atomic mass is 16.3. The van der Waals surface area contributed by atoms with Crippen molar-refractivity contribution in [3.63, 3.8) is 0 Å². The number of phenolic OH excluding ortho intramolecular Hbond substituents is 1. The van der Waals surface area contributed by atoms with Crippen molar-refractivity contribution in [2.45, 2.75) is 6.92 Å². The van der Waals surface area contributed by atoms with Gasteiger partial charge in [0.2, 0.25) is 0 Å². The maximum atomic E-state index is 9.44. The van der Waals surface area contributed by atoms with Crippen LogP contribution in [0.2, 0.25) is 0 Å². The molecule has 0 fully saturated rings. The Bertz CT molecular complexity index is 1440. The Balaban J connectivity index is 0.000000148. The third-order valence-electron chi connectivity index (χ3n) is 5.41. The van der Waals surface area contributed by atoms with E-state index < -0.39 is 0 Å². The Morgan fingerprint density at radius 3 is 1.56 bits per heavy atom. The zero-order valence-corrected chi connectivity index (χ0v) is 19.7. The predicted molar refractivity (Wildman–Crippen MR) is 140 cm³/mol. The van der Waals surface area contributed by atoms with Gasteiger partial charge in [0.05, 0.1) is 11.4 Å². The summed E-state index contributed by atoms with van der Waals surface area (Å²) in [6.07, 6.45) is 3.38. The van der Waals surface area contributed by atoms with E-state index in [9.17, 15) is 5.11 Å². The number of nitrogens with zero attached hydrogens (tertiary/aromatic N) is 6. The first-order valence-electron chi connectivity index (χ1n) is 11.5. The van der Waals surface area contributed by atoms with Gasteiger partial charge in [0.15, 0.2) is 11.6 Å². The van der Waals surface area contributed by atoms with E-state index in [4.69, 9.17) is 0 Å². The Hall–Kier alpha value is -5.04. The van der Waals surface area contributed by atoms with Gasteiger partial charge in [0.25, 0.3) is 0 Å². The fraction of sp³-hybridized carbons (Fsp3) is 0.0345. The Morgan fingerprint density at radius 2 is 1.06 bits per heavy atom. The molecule has 0 saturated carbocycles. The second-order valence-corrected chi connectivity index (χ2v) is 8.12. The summed E-state index contributed by atoms with van der Waals surface area (Å²) in [5.41, 5.74) is 5.03. The maximum Gasteiger partial charge on any atom is 0.181 e. The number of benzene rings is 4. The molecule has 2 aromatic heterocycles. The van der Waals surface area contributed by atoms with Gasteiger partial charge < -0.3 is 5.11 Å². The van der Waals surface area contributed by atoms with Crippen molar-refractivity contribution in [1.82, 2.24) is 29.5 Å². The third-order valence-corrected chi connectivity index (χ3v) is 5.41. The summed E-state index contributed by atoms with van der Waals surface area (Å²) in [6, 6.07) is 34.9. The van der Waals surface area contributed by atoms with Crippen molar-refractivity contribution in [3.05, 3.63) is 127 Å². The van der Waals surface area contributed by atoms with Gasteiger partial charge in [-0.05, 0) is 36.8 Å². The number of aryl methyl sites for hydroxylation is 1. The molecule has 176 valence electrons. The second-order valence-electron chi connectivity index (χ2n) is 8.12. The molecule has 1 N–H and O–H groups in total. The van der Waals surface area contributed by atoms with Crippen LogP contribution in [0.1, 0.15) is 5.56 Å². The molecule has 0 saturated heterocycles. The van der Waals surface area contributed by atoms with Gasteiger partial charge in [-0.2, -0.15) is 0 Å². The molecular weight excluding hydrogens is 448 g/mol. The molecule has 0 radical (unpaired) electrons. The summed E-state index contributed by atoms with van der Waals surface area (Å²) in [5.74, 6) is 1.63. The zero-order chi connectivity index (χ0) is 24.7. The van der Waals surface area contributed by atoms with Crippen LogP contribution in [0, 0.1) is 6.92 Å². The minimum Gasteiger partial charge on any atom is -0.508 e. The topological polar surface area (TPSA) is 81.6 Å². The summed E-state index contributed by atoms with van der Waals surface area (Å²) in [4.78, 5) is 8.61. The molecule has 0 bridgehead atoms. The van der Waals surface area contributed by atoms with Gasteiger partial charge in [-0.1, -0.05) is 78.9 Å². The monoisotopic (exact) mass is 472 g/mol. The number of phenols is 1. The first-order chi connectivity index (χ1) is 17.7. The molecule has 7 heteroatoms. The molecule has 6 aromatic rings. The number of aromatic nitrogens is 6. The Morgan fingerprint density at radius 1 is 0.556 bits per heavy atom. The number of hydrogen-bond donors (Lipinski definition) is 1. The van der Waals surface area contributed by atoms with Crippen LogP contribution in [0.25, 0.3) is 34.2 Å². The lowest BCUT2D eigenvalue weighted by Crippen LogP contribution is -1.95. The minimum absolute atomic E-state index is 0.212. The second kappa shape index (κ2) is 10.5. The van der Waals surface area contributed by atoms with E-state index in [1.54, 1.807) is 40.2 Å². The van der Waals surface area contributed by atoms with Crippen molar-refractivity contribution in [3.8, 4) is 39.9 Å². The van der Waals surface area contributed by atoms with E-state index in [-0.39, 0.29) is 5.75 Å². The SMILES string of the molecule is Cc1cccc(-n2cnc(-c3ccccc3)n2)c1.Oc1cccc(-n2cnc(-c3ccccc3)n2)c1. The van der Waals surface area contributed by atoms with Gasteiger partial charge in [0.1, 0.15) is 18.4 Å². The normalized spacial score (nSPS) is 10.5. The largest absolute Gasteiger partial charge is 0.508 e. The van der Waals surface area contributed by atoms with Gasteiger partial charge in [0, 0.05) is 17.2 Å². The van der Waals surface area contributed by atoms with Crippen molar-refractivity contribution < 1.29 is 5.11 Å². The van der Waals surface area contributed by atoms with Crippen molar-refractivity contribution in [2.24, 2.45) is 0 Å². The van der Waals surface area contributed by atoms with Gasteiger partial charge >= 0.3 is 0 Å². The maximum absolute atomic E-state index is 9.44. The van der Waals surface area contributed by atoms with Crippen LogP contribution in [0.15, 0.2) is 122 Å². The molecule has 7 nitrogen and oxygen atoms in total. The average Bonchev–Trinajstić information content (AvgIpc) is 3.61. The van der Waals surface area contributed by atoms with E-state index in [0.29, 0.717) is 5.82 Å². The number of hydrogen-bond acceptors (Lipinski definition) is 5. The van der Waals surface area contributed by atoms with E-state index in [1.165, 1.54) is 5.56 Å².